The van der Waals surface area contributed by atoms with Gasteiger partial charge in [-0.1, -0.05) is 18.5 Å². The van der Waals surface area contributed by atoms with E-state index >= 15 is 0 Å². The summed E-state index contributed by atoms with van der Waals surface area (Å²) >= 11 is 6.06. The Hall–Kier alpha value is -2.76. The third kappa shape index (κ3) is 2.99. The topological polar surface area (TPSA) is 112 Å². The molecule has 1 aliphatic rings. The summed E-state index contributed by atoms with van der Waals surface area (Å²) in [7, 11) is 0. The molecule has 8 heteroatoms. The average Bonchev–Trinajstić information content (AvgIpc) is 2.96. The van der Waals surface area contributed by atoms with Crippen LogP contribution < -0.4 is 15.6 Å². The molecule has 7 nitrogen and oxygen atoms in total. The number of hydrogen-bond acceptors (Lipinski definition) is 5. The van der Waals surface area contributed by atoms with Gasteiger partial charge in [-0.15, -0.1) is 0 Å². The highest BCUT2D eigenvalue weighted by atomic mass is 35.5. The van der Waals surface area contributed by atoms with Crippen LogP contribution in [0, 0.1) is 5.53 Å². The number of hydrogen-bond donors (Lipinski definition) is 1. The molecule has 3 rings (SSSR count). The Labute approximate surface area is 148 Å². The van der Waals surface area contributed by atoms with Gasteiger partial charge in [0.05, 0.1) is 12.0 Å². The zero-order chi connectivity index (χ0) is 18.1. The van der Waals surface area contributed by atoms with Crippen molar-refractivity contribution in [1.82, 2.24) is 9.48 Å². The van der Waals surface area contributed by atoms with Gasteiger partial charge < -0.3 is 14.5 Å². The molecule has 0 radical (unpaired) electrons. The van der Waals surface area contributed by atoms with Crippen molar-refractivity contribution in [3.05, 3.63) is 51.4 Å². The first kappa shape index (κ1) is 17.1. The van der Waals surface area contributed by atoms with Crippen molar-refractivity contribution >= 4 is 23.3 Å². The Morgan fingerprint density at radius 2 is 2.20 bits per heavy atom. The van der Waals surface area contributed by atoms with Gasteiger partial charge in [0.1, 0.15) is 5.53 Å². The molecule has 0 saturated carbocycles. The quantitative estimate of drug-likeness (QED) is 0.669. The SMILES string of the molecule is CCC1C[C@@H](C(=O)[O-])n2c1cc(-c1cc(Cl)ccc1N=[N+]=N)cc2=O. The van der Waals surface area contributed by atoms with Crippen molar-refractivity contribution in [1.29, 1.82) is 5.53 Å². The standard InChI is InChI=1S/C17H15ClN4O3/c1-2-9-5-15(17(24)25)22-14(9)6-10(7-16(22)23)12-8-11(18)3-4-13(12)20-21-19/h3-4,6-9,15,19H,2,5H2,1H3/t9?,15-/m0/s1. The number of nitrogens with one attached hydrogen (secondary N) is 1. The minimum atomic E-state index is -1.25. The maximum Gasteiger partial charge on any atom is 0.251 e. The van der Waals surface area contributed by atoms with Gasteiger partial charge in [0.2, 0.25) is 4.91 Å². The smallest absolute Gasteiger partial charge is 0.251 e. The molecule has 0 spiro atoms. The van der Waals surface area contributed by atoms with Crippen LogP contribution in [-0.4, -0.2) is 10.5 Å². The number of carboxylic acid groups (broad SMARTS) is 1. The van der Waals surface area contributed by atoms with Crippen molar-refractivity contribution in [2.75, 3.05) is 0 Å². The first-order chi connectivity index (χ1) is 12.0. The number of carbonyl (C=O) groups excluding carboxylic acids is 1. The van der Waals surface area contributed by atoms with E-state index in [-0.39, 0.29) is 5.92 Å². The van der Waals surface area contributed by atoms with Gasteiger partial charge in [0, 0.05) is 28.3 Å². The highest BCUT2D eigenvalue weighted by molar-refractivity contribution is 6.31. The van der Waals surface area contributed by atoms with Gasteiger partial charge in [-0.05, 0) is 42.7 Å². The minimum Gasteiger partial charge on any atom is -0.548 e. The summed E-state index contributed by atoms with van der Waals surface area (Å²) in [4.78, 5) is 27.0. The Bertz CT molecular complexity index is 963. The first-order valence-corrected chi connectivity index (χ1v) is 8.18. The molecule has 2 aromatic rings. The molecule has 0 amide bonds. The second kappa shape index (κ2) is 6.63. The summed E-state index contributed by atoms with van der Waals surface area (Å²) in [5.41, 5.74) is 8.73. The molecule has 1 aromatic carbocycles. The molecule has 2 heterocycles. The van der Waals surface area contributed by atoms with Crippen LogP contribution in [0.15, 0.2) is 40.2 Å². The second-order valence-corrected chi connectivity index (χ2v) is 6.35. The fraction of sp³-hybridized carbons (Fsp3) is 0.294. The van der Waals surface area contributed by atoms with E-state index in [1.54, 1.807) is 24.3 Å². The van der Waals surface area contributed by atoms with E-state index in [2.05, 4.69) is 10.0 Å². The summed E-state index contributed by atoms with van der Waals surface area (Å²) in [6.45, 7) is 1.95. The van der Waals surface area contributed by atoms with Gasteiger partial charge in [-0.2, -0.15) is 0 Å². The molecule has 0 aliphatic carbocycles. The van der Waals surface area contributed by atoms with Gasteiger partial charge >= 0.3 is 0 Å². The van der Waals surface area contributed by atoms with Crippen molar-refractivity contribution in [2.24, 2.45) is 5.11 Å². The molecular weight excluding hydrogens is 344 g/mol. The fourth-order valence-electron chi connectivity index (χ4n) is 3.36. The van der Waals surface area contributed by atoms with Crippen LogP contribution in [0.25, 0.3) is 11.1 Å². The molecule has 2 atom stereocenters. The summed E-state index contributed by atoms with van der Waals surface area (Å²) in [5, 5.41) is 15.6. The third-order valence-corrected chi connectivity index (χ3v) is 4.76. The van der Waals surface area contributed by atoms with E-state index in [1.165, 1.54) is 10.6 Å². The Morgan fingerprint density at radius 1 is 1.44 bits per heavy atom. The first-order valence-electron chi connectivity index (χ1n) is 7.81. The number of nitrogens with zero attached hydrogens (tertiary/aromatic N) is 3. The lowest BCUT2D eigenvalue weighted by atomic mass is 9.96. The van der Waals surface area contributed by atoms with Crippen molar-refractivity contribution in [3.8, 4) is 11.1 Å². The molecular formula is C17H15ClN4O3. The predicted octanol–water partition coefficient (Wildman–Crippen LogP) is 2.54. The molecule has 128 valence electrons. The zero-order valence-corrected chi connectivity index (χ0v) is 14.2. The van der Waals surface area contributed by atoms with Crippen molar-refractivity contribution in [3.63, 3.8) is 0 Å². The zero-order valence-electron chi connectivity index (χ0n) is 13.4. The molecule has 0 fully saturated rings. The number of carbonyl (C=O) groups is 1. The number of aromatic nitrogens is 1. The molecule has 25 heavy (non-hydrogen) atoms. The number of pyridine rings is 1. The Kier molecular flexibility index (Phi) is 4.53. The van der Waals surface area contributed by atoms with Crippen LogP contribution in [0.4, 0.5) is 5.69 Å². The Balaban J connectivity index is 2.24. The number of benzene rings is 1. The van der Waals surface area contributed by atoms with Crippen LogP contribution >= 0.6 is 11.6 Å². The number of fused-ring (bicyclic) bond motifs is 1. The van der Waals surface area contributed by atoms with Crippen molar-refractivity contribution in [2.45, 2.75) is 31.7 Å². The minimum absolute atomic E-state index is 0.0454. The third-order valence-electron chi connectivity index (χ3n) is 4.53. The van der Waals surface area contributed by atoms with E-state index in [0.29, 0.717) is 40.4 Å². The van der Waals surface area contributed by atoms with E-state index in [4.69, 9.17) is 17.1 Å². The monoisotopic (exact) mass is 358 g/mol. The summed E-state index contributed by atoms with van der Waals surface area (Å²) in [6, 6.07) is 7.06. The highest BCUT2D eigenvalue weighted by Gasteiger charge is 2.32. The second-order valence-electron chi connectivity index (χ2n) is 5.91. The largest absolute Gasteiger partial charge is 0.548 e. The molecule has 1 aromatic heterocycles. The van der Waals surface area contributed by atoms with Crippen LogP contribution in [0.1, 0.15) is 37.4 Å². The number of aliphatic carboxylic acids is 1. The van der Waals surface area contributed by atoms with Gasteiger partial charge in [0.25, 0.3) is 5.56 Å². The summed E-state index contributed by atoms with van der Waals surface area (Å²) in [6.07, 6.45) is 1.05. The molecule has 0 bridgehead atoms. The summed E-state index contributed by atoms with van der Waals surface area (Å²) in [5.74, 6) is -1.30. The average molecular weight is 359 g/mol. The fourth-order valence-corrected chi connectivity index (χ4v) is 3.53. The Morgan fingerprint density at radius 3 is 2.84 bits per heavy atom. The maximum absolute atomic E-state index is 12.6. The number of rotatable bonds is 4. The molecule has 1 N–H and O–H groups in total. The highest BCUT2D eigenvalue weighted by Crippen LogP contribution is 2.39. The van der Waals surface area contributed by atoms with E-state index in [0.717, 1.165) is 0 Å². The van der Waals surface area contributed by atoms with Crippen molar-refractivity contribution < 1.29 is 9.90 Å². The lowest BCUT2D eigenvalue weighted by molar-refractivity contribution is -0.310. The lowest BCUT2D eigenvalue weighted by Crippen LogP contribution is -2.36. The van der Waals surface area contributed by atoms with E-state index in [1.807, 2.05) is 6.92 Å². The molecule has 1 unspecified atom stereocenters. The van der Waals surface area contributed by atoms with Gasteiger partial charge in [0.15, 0.2) is 10.8 Å². The summed E-state index contributed by atoms with van der Waals surface area (Å²) < 4.78 is 1.29. The maximum atomic E-state index is 12.6. The van der Waals surface area contributed by atoms with E-state index in [9.17, 15) is 14.7 Å². The lowest BCUT2D eigenvalue weighted by Gasteiger charge is -2.16. The molecule has 0 saturated heterocycles. The number of halogens is 1. The normalized spacial score (nSPS) is 18.5. The predicted molar refractivity (Wildman–Crippen MR) is 89.8 cm³/mol. The molecule has 1 aliphatic heterocycles. The van der Waals surface area contributed by atoms with Gasteiger partial charge in [-0.3, -0.25) is 4.79 Å². The van der Waals surface area contributed by atoms with Crippen LogP contribution in [-0.2, 0) is 4.79 Å². The van der Waals surface area contributed by atoms with Crippen LogP contribution in [0.2, 0.25) is 5.02 Å². The van der Waals surface area contributed by atoms with Crippen LogP contribution in [0.3, 0.4) is 0 Å². The van der Waals surface area contributed by atoms with Gasteiger partial charge in [-0.25, -0.2) is 0 Å². The van der Waals surface area contributed by atoms with E-state index < -0.39 is 17.6 Å². The number of carboxylic acids is 1. The van der Waals surface area contributed by atoms with Crippen LogP contribution in [0.5, 0.6) is 0 Å².